The Kier molecular flexibility index (Phi) is 6.00. The summed E-state index contributed by atoms with van der Waals surface area (Å²) in [6.45, 7) is 0.675. The Morgan fingerprint density at radius 2 is 1.83 bits per heavy atom. The van der Waals surface area contributed by atoms with Gasteiger partial charge in [-0.2, -0.15) is 0 Å². The molecule has 0 aliphatic heterocycles. The predicted octanol–water partition coefficient (Wildman–Crippen LogP) is -1.54. The molecule has 0 rings (SSSR count). The van der Waals surface area contributed by atoms with E-state index < -0.39 is 0 Å². The van der Waals surface area contributed by atoms with E-state index >= 15 is 0 Å². The molecule has 0 aromatic carbocycles. The van der Waals surface area contributed by atoms with Crippen LogP contribution in [0.1, 0.15) is 6.42 Å². The molecule has 0 fully saturated rings. The zero-order valence-electron chi connectivity index (χ0n) is 7.44. The zero-order chi connectivity index (χ0) is 9.40. The van der Waals surface area contributed by atoms with Crippen LogP contribution in [0.3, 0.4) is 0 Å². The van der Waals surface area contributed by atoms with E-state index in [1.54, 1.807) is 14.1 Å². The minimum atomic E-state index is -0.0959. The van der Waals surface area contributed by atoms with Gasteiger partial charge in [-0.25, -0.2) is 0 Å². The van der Waals surface area contributed by atoms with Crippen LogP contribution in [0, 0.1) is 0 Å². The molecule has 0 saturated heterocycles. The van der Waals surface area contributed by atoms with Crippen LogP contribution in [-0.4, -0.2) is 39.0 Å². The lowest BCUT2D eigenvalue weighted by Gasteiger charge is -2.03. The van der Waals surface area contributed by atoms with Gasteiger partial charge in [-0.15, -0.1) is 0 Å². The normalized spacial score (nSPS) is 9.17. The van der Waals surface area contributed by atoms with Gasteiger partial charge in [0.05, 0.1) is 6.54 Å². The predicted molar refractivity (Wildman–Crippen MR) is 45.6 cm³/mol. The number of carbonyl (C=O) groups excluding carboxylic acids is 2. The van der Waals surface area contributed by atoms with Crippen LogP contribution in [0.15, 0.2) is 0 Å². The number of nitrogens with one attached hydrogen (secondary N) is 3. The van der Waals surface area contributed by atoms with Crippen LogP contribution in [-0.2, 0) is 9.59 Å². The third kappa shape index (κ3) is 5.67. The fourth-order valence-corrected chi connectivity index (χ4v) is 0.664. The van der Waals surface area contributed by atoms with Crippen molar-refractivity contribution in [2.45, 2.75) is 6.42 Å². The fourth-order valence-electron chi connectivity index (χ4n) is 0.664. The van der Waals surface area contributed by atoms with Crippen molar-refractivity contribution < 1.29 is 9.59 Å². The van der Waals surface area contributed by atoms with Gasteiger partial charge in [0.15, 0.2) is 0 Å². The summed E-state index contributed by atoms with van der Waals surface area (Å²) in [5.74, 6) is -0.166. The van der Waals surface area contributed by atoms with Crippen molar-refractivity contribution in [2.24, 2.45) is 0 Å². The van der Waals surface area contributed by atoms with E-state index in [2.05, 4.69) is 16.0 Å². The van der Waals surface area contributed by atoms with Gasteiger partial charge >= 0.3 is 0 Å². The van der Waals surface area contributed by atoms with Crippen molar-refractivity contribution in [2.75, 3.05) is 27.2 Å². The zero-order valence-corrected chi connectivity index (χ0v) is 7.44. The van der Waals surface area contributed by atoms with E-state index in [9.17, 15) is 9.59 Å². The molecule has 0 aromatic rings. The molecule has 5 heteroatoms. The Morgan fingerprint density at radius 1 is 1.17 bits per heavy atom. The highest BCUT2D eigenvalue weighted by molar-refractivity contribution is 5.79. The average Bonchev–Trinajstić information content (AvgIpc) is 2.04. The maximum absolute atomic E-state index is 10.8. The third-order valence-electron chi connectivity index (χ3n) is 1.29. The van der Waals surface area contributed by atoms with E-state index in [1.807, 2.05) is 0 Å². The summed E-state index contributed by atoms with van der Waals surface area (Å²) in [4.78, 5) is 21.5. The highest BCUT2D eigenvalue weighted by atomic mass is 16.2. The molecule has 0 aliphatic rings. The van der Waals surface area contributed by atoms with E-state index in [-0.39, 0.29) is 18.4 Å². The van der Waals surface area contributed by atoms with Crippen LogP contribution in [0.4, 0.5) is 0 Å². The van der Waals surface area contributed by atoms with Gasteiger partial charge < -0.3 is 16.0 Å². The van der Waals surface area contributed by atoms with Crippen molar-refractivity contribution >= 4 is 11.8 Å². The van der Waals surface area contributed by atoms with Gasteiger partial charge in [-0.3, -0.25) is 9.59 Å². The standard InChI is InChI=1S/C7H15N3O2/c1-8-5-7(12)10-4-3-6(11)9-2/h8H,3-5H2,1-2H3,(H,9,11)(H,10,12). The SMILES string of the molecule is CNCC(=O)NCCC(=O)NC. The molecule has 0 unspecified atom stereocenters. The number of amides is 2. The molecule has 0 atom stereocenters. The number of hydrogen-bond donors (Lipinski definition) is 3. The first-order valence-corrected chi connectivity index (χ1v) is 3.82. The molecule has 0 aliphatic carbocycles. The van der Waals surface area contributed by atoms with Crippen molar-refractivity contribution in [1.82, 2.24) is 16.0 Å². The number of hydrogen-bond acceptors (Lipinski definition) is 3. The first-order valence-electron chi connectivity index (χ1n) is 3.82. The van der Waals surface area contributed by atoms with Gasteiger partial charge in [0, 0.05) is 20.0 Å². The van der Waals surface area contributed by atoms with Gasteiger partial charge in [-0.05, 0) is 7.05 Å². The molecule has 0 aromatic heterocycles. The lowest BCUT2D eigenvalue weighted by Crippen LogP contribution is -2.34. The van der Waals surface area contributed by atoms with Gasteiger partial charge in [0.2, 0.25) is 11.8 Å². The summed E-state index contributed by atoms with van der Waals surface area (Å²) in [5, 5.41) is 7.76. The molecule has 12 heavy (non-hydrogen) atoms. The van der Waals surface area contributed by atoms with Crippen molar-refractivity contribution in [1.29, 1.82) is 0 Å². The first-order chi connectivity index (χ1) is 5.70. The van der Waals surface area contributed by atoms with Crippen LogP contribution in [0.5, 0.6) is 0 Å². The van der Waals surface area contributed by atoms with E-state index in [1.165, 1.54) is 0 Å². The Hall–Kier alpha value is -1.10. The smallest absolute Gasteiger partial charge is 0.233 e. The molecule has 2 amide bonds. The Balaban J connectivity index is 3.30. The van der Waals surface area contributed by atoms with E-state index in [4.69, 9.17) is 0 Å². The highest BCUT2D eigenvalue weighted by Gasteiger charge is 2.00. The molecular weight excluding hydrogens is 158 g/mol. The second kappa shape index (κ2) is 6.60. The van der Waals surface area contributed by atoms with Crippen molar-refractivity contribution in [3.05, 3.63) is 0 Å². The summed E-state index contributed by atoms with van der Waals surface area (Å²) in [6.07, 6.45) is 0.325. The number of rotatable bonds is 5. The van der Waals surface area contributed by atoms with Crippen LogP contribution in [0.25, 0.3) is 0 Å². The number of likely N-dealkylation sites (N-methyl/N-ethyl adjacent to an activating group) is 1. The molecule has 0 spiro atoms. The van der Waals surface area contributed by atoms with Crippen molar-refractivity contribution in [3.63, 3.8) is 0 Å². The van der Waals surface area contributed by atoms with Crippen molar-refractivity contribution in [3.8, 4) is 0 Å². The minimum Gasteiger partial charge on any atom is -0.359 e. The molecule has 0 saturated carbocycles. The fraction of sp³-hybridized carbons (Fsp3) is 0.714. The van der Waals surface area contributed by atoms with E-state index in [0.717, 1.165) is 0 Å². The highest BCUT2D eigenvalue weighted by Crippen LogP contribution is 1.74. The largest absolute Gasteiger partial charge is 0.359 e. The minimum absolute atomic E-state index is 0.0697. The van der Waals surface area contributed by atoms with Crippen LogP contribution in [0.2, 0.25) is 0 Å². The lowest BCUT2D eigenvalue weighted by molar-refractivity contribution is -0.121. The molecule has 70 valence electrons. The van der Waals surface area contributed by atoms with Gasteiger partial charge in [-0.1, -0.05) is 0 Å². The Labute approximate surface area is 71.9 Å². The third-order valence-corrected chi connectivity index (χ3v) is 1.29. The number of carbonyl (C=O) groups is 2. The molecule has 3 N–H and O–H groups in total. The Bertz CT molecular complexity index is 159. The monoisotopic (exact) mass is 173 g/mol. The average molecular weight is 173 g/mol. The second-order valence-electron chi connectivity index (χ2n) is 2.30. The topological polar surface area (TPSA) is 70.2 Å². The van der Waals surface area contributed by atoms with Gasteiger partial charge in [0.25, 0.3) is 0 Å². The Morgan fingerprint density at radius 3 is 2.33 bits per heavy atom. The molecule has 5 nitrogen and oxygen atoms in total. The molecule has 0 heterocycles. The maximum Gasteiger partial charge on any atom is 0.233 e. The summed E-state index contributed by atoms with van der Waals surface area (Å²) in [5.41, 5.74) is 0. The van der Waals surface area contributed by atoms with E-state index in [0.29, 0.717) is 13.0 Å². The van der Waals surface area contributed by atoms with Crippen LogP contribution < -0.4 is 16.0 Å². The summed E-state index contributed by atoms with van der Waals surface area (Å²) >= 11 is 0. The maximum atomic E-state index is 10.8. The summed E-state index contributed by atoms with van der Waals surface area (Å²) in [7, 11) is 3.26. The first kappa shape index (κ1) is 10.9. The van der Waals surface area contributed by atoms with Gasteiger partial charge in [0.1, 0.15) is 0 Å². The molecule has 0 bridgehead atoms. The quantitative estimate of drug-likeness (QED) is 0.472. The lowest BCUT2D eigenvalue weighted by atomic mass is 10.4. The summed E-state index contributed by atoms with van der Waals surface area (Å²) < 4.78 is 0. The molecular formula is C7H15N3O2. The molecule has 0 radical (unpaired) electrons. The summed E-state index contributed by atoms with van der Waals surface area (Å²) in [6, 6.07) is 0. The van der Waals surface area contributed by atoms with Crippen LogP contribution >= 0.6 is 0 Å². The second-order valence-corrected chi connectivity index (χ2v) is 2.30.